The van der Waals surface area contributed by atoms with Crippen molar-refractivity contribution in [1.82, 2.24) is 15.1 Å². The van der Waals surface area contributed by atoms with E-state index in [-0.39, 0.29) is 12.2 Å². The van der Waals surface area contributed by atoms with Crippen LogP contribution in [0, 0.1) is 5.92 Å². The molecule has 1 aliphatic heterocycles. The van der Waals surface area contributed by atoms with Crippen LogP contribution in [0.4, 0.5) is 0 Å². The summed E-state index contributed by atoms with van der Waals surface area (Å²) in [6, 6.07) is 1.22. The second-order valence-electron chi connectivity index (χ2n) is 7.01. The van der Waals surface area contributed by atoms with E-state index in [4.69, 9.17) is 0 Å². The molecule has 20 heavy (non-hydrogen) atoms. The molecular weight excluding hydrogens is 250 g/mol. The van der Waals surface area contributed by atoms with Crippen LogP contribution in [-0.4, -0.2) is 53.6 Å². The molecule has 0 radical (unpaired) electrons. The third kappa shape index (κ3) is 3.53. The Morgan fingerprint density at radius 3 is 2.50 bits per heavy atom. The molecule has 3 atom stereocenters. The molecule has 1 N–H and O–H groups in total. The molecule has 3 unspecified atom stereocenters. The molecule has 1 saturated carbocycles. The van der Waals surface area contributed by atoms with Gasteiger partial charge >= 0.3 is 0 Å². The number of nitrogens with zero attached hydrogens (tertiary/aromatic N) is 2. The molecule has 0 aromatic rings. The van der Waals surface area contributed by atoms with E-state index < -0.39 is 0 Å². The summed E-state index contributed by atoms with van der Waals surface area (Å²) < 4.78 is 0. The molecule has 0 aromatic carbocycles. The number of hydrogen-bond acceptors (Lipinski definition) is 3. The highest BCUT2D eigenvalue weighted by molar-refractivity contribution is 5.84. The van der Waals surface area contributed by atoms with E-state index in [2.05, 4.69) is 49.9 Å². The number of carbonyl (C=O) groups excluding carboxylic acids is 1. The number of nitrogens with one attached hydrogen (secondary N) is 1. The van der Waals surface area contributed by atoms with Gasteiger partial charge in [-0.25, -0.2) is 0 Å². The average Bonchev–Trinajstić information content (AvgIpc) is 3.19. The maximum Gasteiger partial charge on any atom is 0.241 e. The van der Waals surface area contributed by atoms with Gasteiger partial charge in [0.2, 0.25) is 5.91 Å². The summed E-state index contributed by atoms with van der Waals surface area (Å²) in [5.74, 6) is 0.863. The van der Waals surface area contributed by atoms with Crippen LogP contribution in [-0.2, 0) is 4.79 Å². The summed E-state index contributed by atoms with van der Waals surface area (Å²) in [6.07, 6.45) is 4.79. The molecule has 2 aliphatic rings. The summed E-state index contributed by atoms with van der Waals surface area (Å²) in [7, 11) is 2.20. The molecule has 0 spiro atoms. The molecule has 2 rings (SSSR count). The summed E-state index contributed by atoms with van der Waals surface area (Å²) in [5, 5.41) is 3.52. The van der Waals surface area contributed by atoms with Crippen molar-refractivity contribution in [3.8, 4) is 0 Å². The van der Waals surface area contributed by atoms with Crippen LogP contribution >= 0.6 is 0 Å². The SMILES string of the molecule is CCC1NC(CC(C)C)C(=O)N1CC(C)N(C)C1CC1. The zero-order chi connectivity index (χ0) is 14.9. The first-order chi connectivity index (χ1) is 9.43. The van der Waals surface area contributed by atoms with Crippen molar-refractivity contribution < 1.29 is 4.79 Å². The highest BCUT2D eigenvalue weighted by Gasteiger charge is 2.39. The Labute approximate surface area is 123 Å². The van der Waals surface area contributed by atoms with Gasteiger partial charge in [-0.2, -0.15) is 0 Å². The van der Waals surface area contributed by atoms with E-state index >= 15 is 0 Å². The van der Waals surface area contributed by atoms with Crippen molar-refractivity contribution in [1.29, 1.82) is 0 Å². The van der Waals surface area contributed by atoms with Crippen LogP contribution in [0.3, 0.4) is 0 Å². The van der Waals surface area contributed by atoms with Crippen LogP contribution in [0.25, 0.3) is 0 Å². The second kappa shape index (κ2) is 6.44. The van der Waals surface area contributed by atoms with Gasteiger partial charge in [-0.05, 0) is 45.6 Å². The van der Waals surface area contributed by atoms with Gasteiger partial charge in [0.15, 0.2) is 0 Å². The molecule has 4 heteroatoms. The molecular formula is C16H31N3O. The summed E-state index contributed by atoms with van der Waals surface area (Å²) in [4.78, 5) is 17.1. The van der Waals surface area contributed by atoms with Gasteiger partial charge in [-0.1, -0.05) is 20.8 Å². The maximum absolute atomic E-state index is 12.6. The number of hydrogen-bond donors (Lipinski definition) is 1. The van der Waals surface area contributed by atoms with Gasteiger partial charge in [0.1, 0.15) is 0 Å². The van der Waals surface area contributed by atoms with E-state index in [0.29, 0.717) is 17.9 Å². The normalized spacial score (nSPS) is 28.8. The molecule has 1 aliphatic carbocycles. The van der Waals surface area contributed by atoms with Gasteiger partial charge in [0.25, 0.3) is 0 Å². The van der Waals surface area contributed by atoms with Gasteiger partial charge < -0.3 is 4.90 Å². The van der Waals surface area contributed by atoms with Gasteiger partial charge in [0.05, 0.1) is 12.2 Å². The number of amides is 1. The zero-order valence-corrected chi connectivity index (χ0v) is 13.7. The Kier molecular flexibility index (Phi) is 5.08. The van der Waals surface area contributed by atoms with Crippen LogP contribution in [0.5, 0.6) is 0 Å². The van der Waals surface area contributed by atoms with E-state index in [1.54, 1.807) is 0 Å². The van der Waals surface area contributed by atoms with Crippen LogP contribution in [0.15, 0.2) is 0 Å². The third-order valence-corrected chi connectivity index (χ3v) is 4.72. The Hall–Kier alpha value is -0.610. The molecule has 116 valence electrons. The van der Waals surface area contributed by atoms with Crippen molar-refractivity contribution >= 4 is 5.91 Å². The highest BCUT2D eigenvalue weighted by atomic mass is 16.2. The van der Waals surface area contributed by atoms with E-state index in [9.17, 15) is 4.79 Å². The fourth-order valence-corrected chi connectivity index (χ4v) is 3.20. The Morgan fingerprint density at radius 2 is 2.00 bits per heavy atom. The number of rotatable bonds is 7. The Balaban J connectivity index is 1.95. The lowest BCUT2D eigenvalue weighted by Gasteiger charge is -2.31. The van der Waals surface area contributed by atoms with Gasteiger partial charge in [-0.3, -0.25) is 15.0 Å². The number of likely N-dealkylation sites (N-methyl/N-ethyl adjacent to an activating group) is 1. The molecule has 0 aromatic heterocycles. The lowest BCUT2D eigenvalue weighted by atomic mass is 10.0. The minimum atomic E-state index is 0.0263. The lowest BCUT2D eigenvalue weighted by Crippen LogP contribution is -2.46. The first-order valence-electron chi connectivity index (χ1n) is 8.22. The smallest absolute Gasteiger partial charge is 0.241 e. The van der Waals surface area contributed by atoms with E-state index in [1.807, 2.05) is 0 Å². The topological polar surface area (TPSA) is 35.6 Å². The van der Waals surface area contributed by atoms with E-state index in [1.165, 1.54) is 12.8 Å². The number of carbonyl (C=O) groups is 1. The molecule has 2 fully saturated rings. The Morgan fingerprint density at radius 1 is 1.35 bits per heavy atom. The van der Waals surface area contributed by atoms with Gasteiger partial charge in [-0.15, -0.1) is 0 Å². The van der Waals surface area contributed by atoms with Crippen LogP contribution in [0.1, 0.15) is 53.4 Å². The van der Waals surface area contributed by atoms with Crippen LogP contribution < -0.4 is 5.32 Å². The van der Waals surface area contributed by atoms with Crippen molar-refractivity contribution in [2.24, 2.45) is 5.92 Å². The second-order valence-corrected chi connectivity index (χ2v) is 7.01. The van der Waals surface area contributed by atoms with Crippen LogP contribution in [0.2, 0.25) is 0 Å². The average molecular weight is 281 g/mol. The van der Waals surface area contributed by atoms with Gasteiger partial charge in [0, 0.05) is 18.6 Å². The molecule has 1 heterocycles. The quantitative estimate of drug-likeness (QED) is 0.776. The first-order valence-corrected chi connectivity index (χ1v) is 8.22. The standard InChI is InChI=1S/C16H31N3O/c1-6-15-17-14(9-11(2)3)16(20)19(15)10-12(4)18(5)13-7-8-13/h11-15,17H,6-10H2,1-5H3. The minimum absolute atomic E-state index is 0.0263. The fourth-order valence-electron chi connectivity index (χ4n) is 3.20. The van der Waals surface area contributed by atoms with E-state index in [0.717, 1.165) is 25.4 Å². The third-order valence-electron chi connectivity index (χ3n) is 4.72. The summed E-state index contributed by atoms with van der Waals surface area (Å²) in [5.41, 5.74) is 0. The Bertz CT molecular complexity index is 341. The fraction of sp³-hybridized carbons (Fsp3) is 0.938. The van der Waals surface area contributed by atoms with Crippen molar-refractivity contribution in [2.45, 2.75) is 77.7 Å². The predicted octanol–water partition coefficient (Wildman–Crippen LogP) is 2.05. The maximum atomic E-state index is 12.6. The summed E-state index contributed by atoms with van der Waals surface area (Å²) >= 11 is 0. The molecule has 0 bridgehead atoms. The van der Waals surface area contributed by atoms with Crippen molar-refractivity contribution in [3.05, 3.63) is 0 Å². The highest BCUT2D eigenvalue weighted by Crippen LogP contribution is 2.28. The van der Waals surface area contributed by atoms with Crippen molar-refractivity contribution in [2.75, 3.05) is 13.6 Å². The first kappa shape index (κ1) is 15.8. The largest absolute Gasteiger partial charge is 0.324 e. The van der Waals surface area contributed by atoms with Crippen molar-refractivity contribution in [3.63, 3.8) is 0 Å². The minimum Gasteiger partial charge on any atom is -0.324 e. The summed E-state index contributed by atoms with van der Waals surface area (Å²) in [6.45, 7) is 9.62. The molecule has 1 saturated heterocycles. The molecule has 4 nitrogen and oxygen atoms in total. The monoisotopic (exact) mass is 281 g/mol. The molecule has 1 amide bonds. The zero-order valence-electron chi connectivity index (χ0n) is 13.7. The predicted molar refractivity (Wildman–Crippen MR) is 82.4 cm³/mol. The lowest BCUT2D eigenvalue weighted by molar-refractivity contribution is -0.131.